The predicted molar refractivity (Wildman–Crippen MR) is 124 cm³/mol. The summed E-state index contributed by atoms with van der Waals surface area (Å²) in [6, 6.07) is 9.78. The van der Waals surface area contributed by atoms with E-state index >= 15 is 0 Å². The molecule has 32 heavy (non-hydrogen) atoms. The molecule has 4 rings (SSSR count). The molecule has 2 aliphatic heterocycles. The summed E-state index contributed by atoms with van der Waals surface area (Å²) in [7, 11) is 3.29. The third-order valence-electron chi connectivity index (χ3n) is 6.40. The van der Waals surface area contributed by atoms with Crippen LogP contribution < -0.4 is 9.47 Å². The van der Waals surface area contributed by atoms with Crippen molar-refractivity contribution in [1.82, 2.24) is 14.7 Å². The Morgan fingerprint density at radius 2 is 1.66 bits per heavy atom. The number of hydrogen-bond acceptors (Lipinski definition) is 6. The Balaban J connectivity index is 1.24. The summed E-state index contributed by atoms with van der Waals surface area (Å²) in [5.41, 5.74) is 1.17. The van der Waals surface area contributed by atoms with E-state index in [2.05, 4.69) is 11.0 Å². The van der Waals surface area contributed by atoms with Gasteiger partial charge in [-0.05, 0) is 42.0 Å². The topological polar surface area (TPSA) is 62.3 Å². The number of carbonyl (C=O) groups excluding carboxylic acids is 2. The molecule has 0 atom stereocenters. The molecule has 1 aromatic heterocycles. The smallest absolute Gasteiger partial charge is 0.263 e. The molecule has 172 valence electrons. The average Bonchev–Trinajstić information content (AvgIpc) is 3.39. The third-order valence-corrected chi connectivity index (χ3v) is 7.26. The Kier molecular flexibility index (Phi) is 7.32. The summed E-state index contributed by atoms with van der Waals surface area (Å²) in [5, 5.41) is 1.92. The van der Waals surface area contributed by atoms with Crippen LogP contribution in [0.4, 0.5) is 0 Å². The highest BCUT2D eigenvalue weighted by Gasteiger charge is 2.32. The number of thiophene rings is 1. The van der Waals surface area contributed by atoms with Crippen LogP contribution in [-0.2, 0) is 11.3 Å². The van der Waals surface area contributed by atoms with Crippen LogP contribution >= 0.6 is 11.3 Å². The lowest BCUT2D eigenvalue weighted by atomic mass is 9.94. The number of piperidine rings is 1. The SMILES string of the molecule is COc1ccc(CN2CCN(C(=O)C3CCN(C(=O)c4cccs4)CC3)CC2)cc1OC. The van der Waals surface area contributed by atoms with Gasteiger partial charge in [0.1, 0.15) is 0 Å². The number of likely N-dealkylation sites (tertiary alicyclic amines) is 1. The molecule has 0 radical (unpaired) electrons. The van der Waals surface area contributed by atoms with Crippen LogP contribution in [0.15, 0.2) is 35.7 Å². The van der Waals surface area contributed by atoms with Crippen molar-refractivity contribution < 1.29 is 19.1 Å². The van der Waals surface area contributed by atoms with Crippen molar-refractivity contribution in [3.63, 3.8) is 0 Å². The van der Waals surface area contributed by atoms with Crippen molar-refractivity contribution in [2.75, 3.05) is 53.5 Å². The number of piperazine rings is 1. The molecule has 2 fully saturated rings. The molecule has 2 aromatic rings. The van der Waals surface area contributed by atoms with Crippen LogP contribution in [0.25, 0.3) is 0 Å². The molecule has 0 spiro atoms. The molecular weight excluding hydrogens is 426 g/mol. The van der Waals surface area contributed by atoms with Gasteiger partial charge in [-0.15, -0.1) is 11.3 Å². The van der Waals surface area contributed by atoms with Gasteiger partial charge in [-0.1, -0.05) is 12.1 Å². The van der Waals surface area contributed by atoms with E-state index < -0.39 is 0 Å². The van der Waals surface area contributed by atoms with E-state index in [0.29, 0.717) is 13.1 Å². The predicted octanol–water partition coefficient (Wildman–Crippen LogP) is 2.96. The molecule has 0 N–H and O–H groups in total. The minimum Gasteiger partial charge on any atom is -0.493 e. The van der Waals surface area contributed by atoms with Gasteiger partial charge in [-0.3, -0.25) is 14.5 Å². The van der Waals surface area contributed by atoms with Gasteiger partial charge in [0.15, 0.2) is 11.5 Å². The standard InChI is InChI=1S/C24H31N3O4S/c1-30-20-6-5-18(16-21(20)31-2)17-25-11-13-27(14-12-25)23(28)19-7-9-26(10-8-19)24(29)22-4-3-15-32-22/h3-6,15-16,19H,7-14,17H2,1-2H3. The summed E-state index contributed by atoms with van der Waals surface area (Å²) in [4.78, 5) is 32.6. The lowest BCUT2D eigenvalue weighted by Crippen LogP contribution is -2.51. The Morgan fingerprint density at radius 1 is 0.938 bits per heavy atom. The Hall–Kier alpha value is -2.58. The Bertz CT molecular complexity index is 917. The summed E-state index contributed by atoms with van der Waals surface area (Å²) in [5.74, 6) is 1.84. The van der Waals surface area contributed by atoms with Gasteiger partial charge >= 0.3 is 0 Å². The second-order valence-electron chi connectivity index (χ2n) is 8.33. The number of methoxy groups -OCH3 is 2. The number of amides is 2. The summed E-state index contributed by atoms with van der Waals surface area (Å²) in [6.07, 6.45) is 1.50. The van der Waals surface area contributed by atoms with E-state index in [4.69, 9.17) is 9.47 Å². The Labute approximate surface area is 193 Å². The molecule has 0 bridgehead atoms. The van der Waals surface area contributed by atoms with E-state index in [-0.39, 0.29) is 17.7 Å². The number of nitrogens with zero attached hydrogens (tertiary/aromatic N) is 3. The van der Waals surface area contributed by atoms with Gasteiger partial charge in [0, 0.05) is 51.7 Å². The van der Waals surface area contributed by atoms with Gasteiger partial charge in [0.25, 0.3) is 5.91 Å². The maximum atomic E-state index is 13.1. The van der Waals surface area contributed by atoms with E-state index in [1.54, 1.807) is 14.2 Å². The van der Waals surface area contributed by atoms with Crippen molar-refractivity contribution in [2.45, 2.75) is 19.4 Å². The lowest BCUT2D eigenvalue weighted by molar-refractivity contribution is -0.138. The molecule has 0 saturated carbocycles. The van der Waals surface area contributed by atoms with Gasteiger partial charge < -0.3 is 19.3 Å². The molecule has 7 nitrogen and oxygen atoms in total. The van der Waals surface area contributed by atoms with Crippen molar-refractivity contribution in [1.29, 1.82) is 0 Å². The highest BCUT2D eigenvalue weighted by atomic mass is 32.1. The Morgan fingerprint density at radius 3 is 2.28 bits per heavy atom. The maximum Gasteiger partial charge on any atom is 0.263 e. The van der Waals surface area contributed by atoms with Gasteiger partial charge in [0.2, 0.25) is 5.91 Å². The third kappa shape index (κ3) is 5.07. The number of rotatable bonds is 6. The van der Waals surface area contributed by atoms with E-state index in [1.165, 1.54) is 16.9 Å². The zero-order chi connectivity index (χ0) is 22.5. The molecular formula is C24H31N3O4S. The zero-order valence-corrected chi connectivity index (χ0v) is 19.6. The molecule has 2 aliphatic rings. The number of hydrogen-bond donors (Lipinski definition) is 0. The average molecular weight is 458 g/mol. The first-order chi connectivity index (χ1) is 15.6. The first kappa shape index (κ1) is 22.6. The van der Waals surface area contributed by atoms with Crippen LogP contribution in [0.2, 0.25) is 0 Å². The number of ether oxygens (including phenoxy) is 2. The second-order valence-corrected chi connectivity index (χ2v) is 9.28. The summed E-state index contributed by atoms with van der Waals surface area (Å²) >= 11 is 1.47. The largest absolute Gasteiger partial charge is 0.493 e. The van der Waals surface area contributed by atoms with Crippen LogP contribution in [-0.4, -0.2) is 80.0 Å². The van der Waals surface area contributed by atoms with E-state index in [0.717, 1.165) is 61.9 Å². The first-order valence-electron chi connectivity index (χ1n) is 11.1. The molecule has 2 amide bonds. The minimum atomic E-state index is 0.0276. The first-order valence-corrected chi connectivity index (χ1v) is 12.0. The lowest BCUT2D eigenvalue weighted by Gasteiger charge is -2.38. The fraction of sp³-hybridized carbons (Fsp3) is 0.500. The monoisotopic (exact) mass is 457 g/mol. The minimum absolute atomic E-state index is 0.0276. The van der Waals surface area contributed by atoms with Gasteiger partial charge in [-0.25, -0.2) is 0 Å². The van der Waals surface area contributed by atoms with E-state index in [1.807, 2.05) is 39.4 Å². The van der Waals surface area contributed by atoms with Gasteiger partial charge in [0.05, 0.1) is 19.1 Å². The maximum absolute atomic E-state index is 13.1. The fourth-order valence-corrected chi connectivity index (χ4v) is 5.20. The highest BCUT2D eigenvalue weighted by molar-refractivity contribution is 7.12. The molecule has 8 heteroatoms. The van der Waals surface area contributed by atoms with Gasteiger partial charge in [-0.2, -0.15) is 0 Å². The molecule has 1 aromatic carbocycles. The van der Waals surface area contributed by atoms with Crippen molar-refractivity contribution in [3.05, 3.63) is 46.2 Å². The normalized spacial score (nSPS) is 17.9. The van der Waals surface area contributed by atoms with Crippen LogP contribution in [0, 0.1) is 5.92 Å². The van der Waals surface area contributed by atoms with Crippen molar-refractivity contribution >= 4 is 23.2 Å². The number of carbonyl (C=O) groups is 2. The molecule has 0 unspecified atom stereocenters. The zero-order valence-electron chi connectivity index (χ0n) is 18.8. The fourth-order valence-electron chi connectivity index (χ4n) is 4.51. The second kappa shape index (κ2) is 10.4. The highest BCUT2D eigenvalue weighted by Crippen LogP contribution is 2.28. The van der Waals surface area contributed by atoms with Crippen LogP contribution in [0.5, 0.6) is 11.5 Å². The molecule has 0 aliphatic carbocycles. The summed E-state index contributed by atoms with van der Waals surface area (Å²) in [6.45, 7) is 5.36. The van der Waals surface area contributed by atoms with Crippen LogP contribution in [0.1, 0.15) is 28.1 Å². The quantitative estimate of drug-likeness (QED) is 0.668. The summed E-state index contributed by atoms with van der Waals surface area (Å²) < 4.78 is 10.7. The van der Waals surface area contributed by atoms with Crippen molar-refractivity contribution in [3.8, 4) is 11.5 Å². The molecule has 2 saturated heterocycles. The molecule has 3 heterocycles. The van der Waals surface area contributed by atoms with Crippen molar-refractivity contribution in [2.24, 2.45) is 5.92 Å². The number of benzene rings is 1. The van der Waals surface area contributed by atoms with Crippen LogP contribution in [0.3, 0.4) is 0 Å². The van der Waals surface area contributed by atoms with E-state index in [9.17, 15) is 9.59 Å².